The summed E-state index contributed by atoms with van der Waals surface area (Å²) in [5.41, 5.74) is 0.903. The van der Waals surface area contributed by atoms with Crippen molar-refractivity contribution in [2.45, 2.75) is 43.6 Å². The van der Waals surface area contributed by atoms with Gasteiger partial charge in [0.15, 0.2) is 0 Å². The van der Waals surface area contributed by atoms with Crippen LogP contribution in [-0.4, -0.2) is 38.9 Å². The summed E-state index contributed by atoms with van der Waals surface area (Å²) >= 11 is 0. The summed E-state index contributed by atoms with van der Waals surface area (Å²) in [6.45, 7) is 0. The fourth-order valence-corrected chi connectivity index (χ4v) is 5.80. The van der Waals surface area contributed by atoms with Crippen LogP contribution in [0.4, 0.5) is 17.6 Å². The van der Waals surface area contributed by atoms with E-state index in [9.17, 15) is 26.0 Å². The molecule has 0 N–H and O–H groups in total. The second kappa shape index (κ2) is 7.86. The SMILES string of the molecule is CN1C(Cc2ccc(F)cc2)C2CCc3c(cccc3C(F)(F)F)C2C1OS(C)(=O)=O. The predicted molar refractivity (Wildman–Crippen MR) is 107 cm³/mol. The molecule has 0 amide bonds. The van der Waals surface area contributed by atoms with E-state index in [1.165, 1.54) is 18.2 Å². The van der Waals surface area contributed by atoms with Gasteiger partial charge >= 0.3 is 6.18 Å². The second-order valence-corrected chi connectivity index (χ2v) is 9.95. The van der Waals surface area contributed by atoms with E-state index in [0.29, 0.717) is 18.4 Å². The van der Waals surface area contributed by atoms with E-state index < -0.39 is 34.0 Å². The van der Waals surface area contributed by atoms with Crippen molar-refractivity contribution in [2.24, 2.45) is 5.92 Å². The van der Waals surface area contributed by atoms with Crippen molar-refractivity contribution in [3.63, 3.8) is 0 Å². The van der Waals surface area contributed by atoms with Crippen molar-refractivity contribution in [1.29, 1.82) is 0 Å². The number of fused-ring (bicyclic) bond motifs is 3. The lowest BCUT2D eigenvalue weighted by Crippen LogP contribution is -2.38. The number of rotatable bonds is 4. The number of nitrogens with zero attached hydrogens (tertiary/aromatic N) is 1. The normalized spacial score (nSPS) is 26.5. The Morgan fingerprint density at radius 3 is 2.42 bits per heavy atom. The largest absolute Gasteiger partial charge is 0.416 e. The van der Waals surface area contributed by atoms with Crippen LogP contribution in [0.5, 0.6) is 0 Å². The summed E-state index contributed by atoms with van der Waals surface area (Å²) in [5.74, 6) is -0.972. The van der Waals surface area contributed by atoms with Crippen LogP contribution in [0.15, 0.2) is 42.5 Å². The van der Waals surface area contributed by atoms with E-state index >= 15 is 0 Å². The predicted octanol–water partition coefficient (Wildman–Crippen LogP) is 4.35. The molecule has 31 heavy (non-hydrogen) atoms. The van der Waals surface area contributed by atoms with E-state index in [-0.39, 0.29) is 29.8 Å². The van der Waals surface area contributed by atoms with Crippen LogP contribution in [0, 0.1) is 11.7 Å². The van der Waals surface area contributed by atoms with Gasteiger partial charge in [0.1, 0.15) is 12.0 Å². The smallest absolute Gasteiger partial charge is 0.276 e. The molecule has 1 aliphatic carbocycles. The fourth-order valence-electron chi connectivity index (χ4n) is 5.19. The summed E-state index contributed by atoms with van der Waals surface area (Å²) in [6, 6.07) is 9.98. The molecule has 1 fully saturated rings. The number of likely N-dealkylation sites (tertiary alicyclic amines) is 1. The zero-order chi connectivity index (χ0) is 22.6. The Morgan fingerprint density at radius 1 is 1.13 bits per heavy atom. The molecule has 4 unspecified atom stereocenters. The molecule has 1 saturated heterocycles. The van der Waals surface area contributed by atoms with Crippen molar-refractivity contribution in [3.05, 3.63) is 70.5 Å². The van der Waals surface area contributed by atoms with Gasteiger partial charge in [-0.3, -0.25) is 9.08 Å². The van der Waals surface area contributed by atoms with Gasteiger partial charge in [-0.1, -0.05) is 24.3 Å². The topological polar surface area (TPSA) is 46.6 Å². The van der Waals surface area contributed by atoms with Gasteiger partial charge in [-0.15, -0.1) is 0 Å². The Morgan fingerprint density at radius 2 is 1.81 bits per heavy atom. The molecular formula is C22H23F4NO3S. The van der Waals surface area contributed by atoms with Gasteiger partial charge in [0, 0.05) is 12.0 Å². The molecule has 9 heteroatoms. The highest BCUT2D eigenvalue weighted by atomic mass is 32.2. The first-order chi connectivity index (χ1) is 14.5. The van der Waals surface area contributed by atoms with Gasteiger partial charge in [0.25, 0.3) is 10.1 Å². The van der Waals surface area contributed by atoms with Crippen LogP contribution in [0.3, 0.4) is 0 Å². The maximum Gasteiger partial charge on any atom is 0.416 e. The zero-order valence-corrected chi connectivity index (χ0v) is 17.9. The third-order valence-electron chi connectivity index (χ3n) is 6.42. The van der Waals surface area contributed by atoms with Crippen LogP contribution in [0.1, 0.15) is 34.6 Å². The van der Waals surface area contributed by atoms with Crippen molar-refractivity contribution in [2.75, 3.05) is 13.3 Å². The molecule has 0 spiro atoms. The summed E-state index contributed by atoms with van der Waals surface area (Å²) < 4.78 is 83.4. The molecule has 168 valence electrons. The molecule has 1 aliphatic heterocycles. The van der Waals surface area contributed by atoms with Crippen LogP contribution < -0.4 is 0 Å². The molecule has 1 heterocycles. The lowest BCUT2D eigenvalue weighted by atomic mass is 9.72. The van der Waals surface area contributed by atoms with Gasteiger partial charge in [-0.2, -0.15) is 21.6 Å². The number of likely N-dealkylation sites (N-methyl/N-ethyl adjacent to an activating group) is 1. The van der Waals surface area contributed by atoms with E-state index in [1.54, 1.807) is 30.1 Å². The number of halogens is 4. The van der Waals surface area contributed by atoms with Crippen LogP contribution in [0.2, 0.25) is 0 Å². The lowest BCUT2D eigenvalue weighted by Gasteiger charge is -2.33. The Balaban J connectivity index is 1.77. The van der Waals surface area contributed by atoms with Crippen molar-refractivity contribution < 1.29 is 30.2 Å². The van der Waals surface area contributed by atoms with Crippen molar-refractivity contribution >= 4 is 10.1 Å². The maximum atomic E-state index is 13.6. The van der Waals surface area contributed by atoms with Crippen molar-refractivity contribution in [1.82, 2.24) is 4.90 Å². The first kappa shape index (κ1) is 22.2. The first-order valence-corrected chi connectivity index (χ1v) is 11.8. The Labute approximate surface area is 178 Å². The molecule has 4 rings (SSSR count). The quantitative estimate of drug-likeness (QED) is 0.506. The van der Waals surface area contributed by atoms with Crippen LogP contribution in [0.25, 0.3) is 0 Å². The summed E-state index contributed by atoms with van der Waals surface area (Å²) in [7, 11) is -2.12. The minimum atomic E-state index is -4.48. The molecule has 2 aromatic rings. The second-order valence-electron chi connectivity index (χ2n) is 8.35. The molecule has 0 aromatic heterocycles. The number of hydrogen-bond donors (Lipinski definition) is 0. The van der Waals surface area contributed by atoms with Gasteiger partial charge in [-0.25, -0.2) is 4.39 Å². The average molecular weight is 457 g/mol. The standard InChI is InChI=1S/C22H23F4NO3S/c1-27-19(12-13-6-8-14(23)9-7-13)17-11-10-15-16(4-3-5-18(15)22(24,25)26)20(17)21(27)30-31(2,28)29/h3-9,17,19-21H,10-12H2,1-2H3. The number of hydrogen-bond acceptors (Lipinski definition) is 4. The van der Waals surface area contributed by atoms with Gasteiger partial charge in [0.2, 0.25) is 0 Å². The average Bonchev–Trinajstić information content (AvgIpc) is 2.93. The third-order valence-corrected chi connectivity index (χ3v) is 6.97. The summed E-state index contributed by atoms with van der Waals surface area (Å²) in [5, 5.41) is 0. The van der Waals surface area contributed by atoms with E-state index in [4.69, 9.17) is 4.18 Å². The van der Waals surface area contributed by atoms with Crippen molar-refractivity contribution in [3.8, 4) is 0 Å². The van der Waals surface area contributed by atoms with Crippen LogP contribution >= 0.6 is 0 Å². The Hall–Kier alpha value is -1.97. The zero-order valence-electron chi connectivity index (χ0n) is 17.1. The molecule has 2 aromatic carbocycles. The minimum absolute atomic E-state index is 0.0993. The Bertz CT molecular complexity index is 1070. The molecule has 2 aliphatic rings. The van der Waals surface area contributed by atoms with Gasteiger partial charge in [-0.05, 0) is 67.1 Å². The van der Waals surface area contributed by atoms with Gasteiger partial charge < -0.3 is 0 Å². The fraction of sp³-hybridized carbons (Fsp3) is 0.455. The molecule has 0 saturated carbocycles. The number of benzene rings is 2. The van der Waals surface area contributed by atoms with E-state index in [2.05, 4.69) is 0 Å². The Kier molecular flexibility index (Phi) is 5.64. The minimum Gasteiger partial charge on any atom is -0.276 e. The maximum absolute atomic E-state index is 13.6. The molecular weight excluding hydrogens is 434 g/mol. The third kappa shape index (κ3) is 4.36. The first-order valence-electron chi connectivity index (χ1n) is 9.99. The van der Waals surface area contributed by atoms with Gasteiger partial charge in [0.05, 0.1) is 11.8 Å². The van der Waals surface area contributed by atoms with E-state index in [0.717, 1.165) is 17.9 Å². The highest BCUT2D eigenvalue weighted by molar-refractivity contribution is 7.86. The monoisotopic (exact) mass is 457 g/mol. The lowest BCUT2D eigenvalue weighted by molar-refractivity contribution is -0.138. The van der Waals surface area contributed by atoms with E-state index in [1.807, 2.05) is 0 Å². The van der Waals surface area contributed by atoms with Crippen LogP contribution in [-0.2, 0) is 33.3 Å². The summed E-state index contributed by atoms with van der Waals surface area (Å²) in [4.78, 5) is 1.80. The molecule has 0 bridgehead atoms. The highest BCUT2D eigenvalue weighted by Gasteiger charge is 2.52. The molecule has 4 atom stereocenters. The number of alkyl halides is 3. The molecule has 0 radical (unpaired) electrons. The molecule has 4 nitrogen and oxygen atoms in total. The highest BCUT2D eigenvalue weighted by Crippen LogP contribution is 2.51. The summed E-state index contributed by atoms with van der Waals surface area (Å²) in [6.07, 6.45) is -3.21.